The highest BCUT2D eigenvalue weighted by Crippen LogP contribution is 2.46. The molecule has 7 heteroatoms. The van der Waals surface area contributed by atoms with Crippen LogP contribution in [0.15, 0.2) is 48.7 Å². The first-order chi connectivity index (χ1) is 14.5. The maximum Gasteiger partial charge on any atom is 0.174 e. The number of methoxy groups -OCH3 is 2. The summed E-state index contributed by atoms with van der Waals surface area (Å²) in [7, 11) is 5.39. The van der Waals surface area contributed by atoms with Crippen LogP contribution in [0, 0.1) is 13.8 Å². The van der Waals surface area contributed by atoms with Crippen molar-refractivity contribution in [3.63, 3.8) is 0 Å². The third kappa shape index (κ3) is 3.29. The molecule has 0 aliphatic carbocycles. The number of aryl methyl sites for hydroxylation is 1. The van der Waals surface area contributed by atoms with Crippen LogP contribution in [-0.2, 0) is 7.05 Å². The molecular formula is C23H26N4O2S. The number of ether oxygens (including phenoxy) is 2. The van der Waals surface area contributed by atoms with Gasteiger partial charge in [-0.1, -0.05) is 6.07 Å². The normalized spacial score (nSPS) is 18.4. The van der Waals surface area contributed by atoms with E-state index in [9.17, 15) is 0 Å². The van der Waals surface area contributed by atoms with Gasteiger partial charge in [-0.05, 0) is 62.0 Å². The van der Waals surface area contributed by atoms with E-state index in [4.69, 9.17) is 21.7 Å². The van der Waals surface area contributed by atoms with Gasteiger partial charge in [-0.2, -0.15) is 0 Å². The molecule has 0 spiro atoms. The molecule has 1 aliphatic heterocycles. The smallest absolute Gasteiger partial charge is 0.174 e. The molecule has 6 nitrogen and oxygen atoms in total. The minimum atomic E-state index is -0.0917. The van der Waals surface area contributed by atoms with Crippen molar-refractivity contribution in [2.75, 3.05) is 19.1 Å². The summed E-state index contributed by atoms with van der Waals surface area (Å²) in [6.45, 7) is 4.26. The SMILES string of the molecule is COc1ccc(N2C(=S)N[C@H](c3ccccn3)[C@@H]2c2cc(C)n(C)c2C)c(OC)c1. The number of thiocarbonyl (C=S) groups is 1. The number of anilines is 1. The summed E-state index contributed by atoms with van der Waals surface area (Å²) in [5, 5.41) is 4.14. The second-order valence-corrected chi connectivity index (χ2v) is 7.81. The Morgan fingerprint density at radius 3 is 2.47 bits per heavy atom. The quantitative estimate of drug-likeness (QED) is 0.621. The Morgan fingerprint density at radius 1 is 1.07 bits per heavy atom. The number of pyridine rings is 1. The van der Waals surface area contributed by atoms with Crippen LogP contribution < -0.4 is 19.7 Å². The van der Waals surface area contributed by atoms with E-state index in [0.29, 0.717) is 10.9 Å². The van der Waals surface area contributed by atoms with Crippen molar-refractivity contribution < 1.29 is 9.47 Å². The van der Waals surface area contributed by atoms with Crippen LogP contribution in [0.25, 0.3) is 0 Å². The van der Waals surface area contributed by atoms with E-state index in [1.165, 1.54) is 17.0 Å². The Hall–Kier alpha value is -3.06. The lowest BCUT2D eigenvalue weighted by atomic mass is 9.96. The van der Waals surface area contributed by atoms with Gasteiger partial charge in [0.15, 0.2) is 5.11 Å². The van der Waals surface area contributed by atoms with Gasteiger partial charge in [-0.15, -0.1) is 0 Å². The molecule has 1 N–H and O–H groups in total. The van der Waals surface area contributed by atoms with Gasteiger partial charge in [0, 0.05) is 30.7 Å². The molecular weight excluding hydrogens is 396 g/mol. The molecule has 0 radical (unpaired) electrons. The summed E-state index contributed by atoms with van der Waals surface area (Å²) >= 11 is 5.82. The Balaban J connectivity index is 1.90. The van der Waals surface area contributed by atoms with Crippen LogP contribution in [0.5, 0.6) is 11.5 Å². The molecule has 3 aromatic rings. The average Bonchev–Trinajstić information content (AvgIpc) is 3.24. The molecule has 1 aliphatic rings. The lowest BCUT2D eigenvalue weighted by molar-refractivity contribution is 0.394. The zero-order valence-electron chi connectivity index (χ0n) is 17.8. The van der Waals surface area contributed by atoms with E-state index in [1.54, 1.807) is 14.2 Å². The highest BCUT2D eigenvalue weighted by molar-refractivity contribution is 7.80. The Morgan fingerprint density at radius 2 is 1.87 bits per heavy atom. The predicted octanol–water partition coefficient (Wildman–Crippen LogP) is 4.23. The van der Waals surface area contributed by atoms with Crippen molar-refractivity contribution in [2.45, 2.75) is 25.9 Å². The Bertz CT molecular complexity index is 1080. The van der Waals surface area contributed by atoms with Crippen LogP contribution >= 0.6 is 12.2 Å². The molecule has 0 amide bonds. The molecule has 30 heavy (non-hydrogen) atoms. The first-order valence-electron chi connectivity index (χ1n) is 9.81. The topological polar surface area (TPSA) is 51.5 Å². The lowest BCUT2D eigenvalue weighted by Gasteiger charge is -2.29. The van der Waals surface area contributed by atoms with E-state index in [0.717, 1.165) is 17.1 Å². The number of aromatic nitrogens is 2. The first kappa shape index (κ1) is 20.2. The standard InChI is InChI=1S/C23H26N4O2S/c1-14-12-17(15(2)26(14)3)22-21(18-8-6-7-11-24-18)25-23(30)27(22)19-10-9-16(28-4)13-20(19)29-5/h6-13,21-22H,1-5H3,(H,25,30)/t21-,22+/m1/s1. The molecule has 4 rings (SSSR count). The van der Waals surface area contributed by atoms with Crippen LogP contribution in [0.2, 0.25) is 0 Å². The largest absolute Gasteiger partial charge is 0.497 e. The van der Waals surface area contributed by atoms with E-state index in [1.807, 2.05) is 42.6 Å². The number of benzene rings is 1. The minimum absolute atomic E-state index is 0.0744. The maximum absolute atomic E-state index is 5.82. The van der Waals surface area contributed by atoms with Gasteiger partial charge in [0.05, 0.1) is 37.7 Å². The molecule has 0 saturated carbocycles. The zero-order valence-corrected chi connectivity index (χ0v) is 18.7. The zero-order chi connectivity index (χ0) is 21.4. The highest BCUT2D eigenvalue weighted by atomic mass is 32.1. The second-order valence-electron chi connectivity index (χ2n) is 7.42. The van der Waals surface area contributed by atoms with Crippen molar-refractivity contribution in [3.05, 3.63) is 71.3 Å². The van der Waals surface area contributed by atoms with Crippen molar-refractivity contribution in [1.29, 1.82) is 0 Å². The van der Waals surface area contributed by atoms with Gasteiger partial charge in [0.2, 0.25) is 0 Å². The molecule has 0 bridgehead atoms. The number of nitrogens with zero attached hydrogens (tertiary/aromatic N) is 3. The van der Waals surface area contributed by atoms with Crippen LogP contribution in [0.1, 0.15) is 34.7 Å². The summed E-state index contributed by atoms with van der Waals surface area (Å²) in [5.41, 5.74) is 5.43. The summed E-state index contributed by atoms with van der Waals surface area (Å²) in [6, 6.07) is 13.8. The van der Waals surface area contributed by atoms with Crippen molar-refractivity contribution in [1.82, 2.24) is 14.9 Å². The van der Waals surface area contributed by atoms with Crippen LogP contribution in [0.4, 0.5) is 5.69 Å². The average molecular weight is 423 g/mol. The fraction of sp³-hybridized carbons (Fsp3) is 0.304. The van der Waals surface area contributed by atoms with Gasteiger partial charge in [0.25, 0.3) is 0 Å². The molecule has 1 aromatic carbocycles. The predicted molar refractivity (Wildman–Crippen MR) is 122 cm³/mol. The van der Waals surface area contributed by atoms with Gasteiger partial charge < -0.3 is 24.3 Å². The maximum atomic E-state index is 5.82. The van der Waals surface area contributed by atoms with Crippen molar-refractivity contribution >= 4 is 23.0 Å². The summed E-state index contributed by atoms with van der Waals surface area (Å²) in [4.78, 5) is 6.75. The molecule has 1 fully saturated rings. The summed E-state index contributed by atoms with van der Waals surface area (Å²) < 4.78 is 13.3. The van der Waals surface area contributed by atoms with Crippen molar-refractivity contribution in [2.24, 2.45) is 7.05 Å². The van der Waals surface area contributed by atoms with Gasteiger partial charge in [-0.25, -0.2) is 0 Å². The van der Waals surface area contributed by atoms with Crippen molar-refractivity contribution in [3.8, 4) is 11.5 Å². The third-order valence-electron chi connectivity index (χ3n) is 5.88. The van der Waals surface area contributed by atoms with E-state index in [2.05, 4.69) is 46.7 Å². The fourth-order valence-electron chi connectivity index (χ4n) is 4.10. The molecule has 3 heterocycles. The molecule has 1 saturated heterocycles. The minimum Gasteiger partial charge on any atom is -0.497 e. The highest BCUT2D eigenvalue weighted by Gasteiger charge is 2.43. The summed E-state index contributed by atoms with van der Waals surface area (Å²) in [6.07, 6.45) is 1.82. The number of rotatable bonds is 5. The number of nitrogens with one attached hydrogen (secondary N) is 1. The summed E-state index contributed by atoms with van der Waals surface area (Å²) in [5.74, 6) is 1.44. The van der Waals surface area contributed by atoms with E-state index in [-0.39, 0.29) is 12.1 Å². The fourth-order valence-corrected chi connectivity index (χ4v) is 4.44. The Kier molecular flexibility index (Phi) is 5.39. The molecule has 2 atom stereocenters. The van der Waals surface area contributed by atoms with Gasteiger partial charge in [-0.3, -0.25) is 4.98 Å². The molecule has 0 unspecified atom stereocenters. The number of hydrogen-bond donors (Lipinski definition) is 1. The van der Waals surface area contributed by atoms with Gasteiger partial charge in [0.1, 0.15) is 11.5 Å². The first-order valence-corrected chi connectivity index (χ1v) is 10.2. The monoisotopic (exact) mass is 422 g/mol. The molecule has 2 aromatic heterocycles. The van der Waals surface area contributed by atoms with Crippen LogP contribution in [0.3, 0.4) is 0 Å². The third-order valence-corrected chi connectivity index (χ3v) is 6.19. The van der Waals surface area contributed by atoms with E-state index < -0.39 is 0 Å². The number of hydrogen-bond acceptors (Lipinski definition) is 4. The Labute approximate surface area is 182 Å². The van der Waals surface area contributed by atoms with E-state index >= 15 is 0 Å². The molecule has 156 valence electrons. The second kappa shape index (κ2) is 7.99. The van der Waals surface area contributed by atoms with Gasteiger partial charge >= 0.3 is 0 Å². The lowest BCUT2D eigenvalue weighted by Crippen LogP contribution is -2.30. The van der Waals surface area contributed by atoms with Crippen LogP contribution in [-0.4, -0.2) is 28.9 Å².